The first-order valence-electron chi connectivity index (χ1n) is 6.58. The van der Waals surface area contributed by atoms with Crippen molar-refractivity contribution < 1.29 is 0 Å². The van der Waals surface area contributed by atoms with Gasteiger partial charge in [-0.1, -0.05) is 36.4 Å². The highest BCUT2D eigenvalue weighted by atomic mass is 32.1. The second-order valence-corrected chi connectivity index (χ2v) is 5.90. The molecule has 1 heterocycles. The van der Waals surface area contributed by atoms with Crippen LogP contribution in [0.5, 0.6) is 0 Å². The summed E-state index contributed by atoms with van der Waals surface area (Å²) in [4.78, 5) is 1.27. The lowest BCUT2D eigenvalue weighted by molar-refractivity contribution is 1.64. The van der Waals surface area contributed by atoms with Crippen molar-refractivity contribution in [2.24, 2.45) is 0 Å². The SMILES string of the molecule is Nc1ccc2c(c1)/C(=C/c1cccs1)c1ccccc1-2. The van der Waals surface area contributed by atoms with E-state index >= 15 is 0 Å². The quantitative estimate of drug-likeness (QED) is 0.491. The molecule has 0 atom stereocenters. The van der Waals surface area contributed by atoms with Crippen molar-refractivity contribution in [3.05, 3.63) is 76.0 Å². The molecule has 2 N–H and O–H groups in total. The van der Waals surface area contributed by atoms with Gasteiger partial charge in [0.15, 0.2) is 0 Å². The minimum atomic E-state index is 0.814. The van der Waals surface area contributed by atoms with E-state index in [-0.39, 0.29) is 0 Å². The molecule has 0 saturated carbocycles. The maximum atomic E-state index is 5.98. The van der Waals surface area contributed by atoms with Crippen LogP contribution >= 0.6 is 11.3 Å². The lowest BCUT2D eigenvalue weighted by Crippen LogP contribution is -1.87. The van der Waals surface area contributed by atoms with Gasteiger partial charge in [0.1, 0.15) is 0 Å². The van der Waals surface area contributed by atoms with E-state index in [0.717, 1.165) is 5.69 Å². The number of nitrogen functional groups attached to an aromatic ring is 1. The Hall–Kier alpha value is -2.32. The van der Waals surface area contributed by atoms with Gasteiger partial charge in [0.2, 0.25) is 0 Å². The molecule has 0 radical (unpaired) electrons. The van der Waals surface area contributed by atoms with Crippen LogP contribution < -0.4 is 5.73 Å². The highest BCUT2D eigenvalue weighted by molar-refractivity contribution is 7.10. The van der Waals surface area contributed by atoms with Crippen LogP contribution in [-0.2, 0) is 0 Å². The number of hydrogen-bond acceptors (Lipinski definition) is 2. The molecule has 1 aliphatic rings. The summed E-state index contributed by atoms with van der Waals surface area (Å²) in [5, 5.41) is 2.10. The monoisotopic (exact) mass is 275 g/mol. The minimum absolute atomic E-state index is 0.814. The van der Waals surface area contributed by atoms with E-state index in [1.165, 1.54) is 32.7 Å². The van der Waals surface area contributed by atoms with Gasteiger partial charge >= 0.3 is 0 Å². The molecule has 1 aromatic heterocycles. The molecule has 0 bridgehead atoms. The predicted octanol–water partition coefficient (Wildman–Crippen LogP) is 4.90. The summed E-state index contributed by atoms with van der Waals surface area (Å²) in [6, 6.07) is 19.0. The van der Waals surface area contributed by atoms with Gasteiger partial charge < -0.3 is 5.73 Å². The van der Waals surface area contributed by atoms with Gasteiger partial charge in [-0.25, -0.2) is 0 Å². The maximum Gasteiger partial charge on any atom is 0.0320 e. The van der Waals surface area contributed by atoms with E-state index in [4.69, 9.17) is 5.73 Å². The molecule has 0 saturated heterocycles. The van der Waals surface area contributed by atoms with E-state index in [1.807, 2.05) is 6.07 Å². The largest absolute Gasteiger partial charge is 0.399 e. The standard InChI is InChI=1S/C18H13NS/c19-12-7-8-16-14-5-1-2-6-15(14)18(17(16)10-12)11-13-4-3-9-20-13/h1-11H,19H2/b18-11+. The van der Waals surface area contributed by atoms with Gasteiger partial charge in [0.05, 0.1) is 0 Å². The van der Waals surface area contributed by atoms with E-state index in [2.05, 4.69) is 60.0 Å². The molecule has 0 amide bonds. The van der Waals surface area contributed by atoms with Gasteiger partial charge in [0.25, 0.3) is 0 Å². The maximum absolute atomic E-state index is 5.98. The fraction of sp³-hybridized carbons (Fsp3) is 0. The summed E-state index contributed by atoms with van der Waals surface area (Å²) in [6.07, 6.45) is 2.26. The van der Waals surface area contributed by atoms with E-state index in [0.29, 0.717) is 0 Å². The van der Waals surface area contributed by atoms with Crippen LogP contribution in [0.25, 0.3) is 22.8 Å². The fourth-order valence-corrected chi connectivity index (χ4v) is 3.45. The van der Waals surface area contributed by atoms with Crippen LogP contribution in [-0.4, -0.2) is 0 Å². The third-order valence-corrected chi connectivity index (χ3v) is 4.49. The average Bonchev–Trinajstić information content (AvgIpc) is 3.07. The summed E-state index contributed by atoms with van der Waals surface area (Å²) in [5.41, 5.74) is 13.2. The lowest BCUT2D eigenvalue weighted by atomic mass is 10.0. The van der Waals surface area contributed by atoms with E-state index < -0.39 is 0 Å². The molecule has 0 spiro atoms. The highest BCUT2D eigenvalue weighted by Crippen LogP contribution is 2.45. The van der Waals surface area contributed by atoms with Gasteiger partial charge in [-0.2, -0.15) is 0 Å². The number of nitrogens with two attached hydrogens (primary N) is 1. The molecule has 4 rings (SSSR count). The highest BCUT2D eigenvalue weighted by Gasteiger charge is 2.22. The number of rotatable bonds is 1. The zero-order valence-electron chi connectivity index (χ0n) is 10.8. The van der Waals surface area contributed by atoms with Gasteiger partial charge in [-0.15, -0.1) is 11.3 Å². The number of thiophene rings is 1. The first kappa shape index (κ1) is 11.5. The second-order valence-electron chi connectivity index (χ2n) is 4.92. The molecule has 0 aliphatic heterocycles. The first-order valence-corrected chi connectivity index (χ1v) is 7.46. The summed E-state index contributed by atoms with van der Waals surface area (Å²) in [5.74, 6) is 0. The van der Waals surface area contributed by atoms with Crippen molar-refractivity contribution in [2.75, 3.05) is 5.73 Å². The topological polar surface area (TPSA) is 26.0 Å². The Morgan fingerprint density at radius 1 is 0.800 bits per heavy atom. The van der Waals surface area contributed by atoms with E-state index in [9.17, 15) is 0 Å². The molecule has 0 unspecified atom stereocenters. The van der Waals surface area contributed by atoms with Crippen molar-refractivity contribution in [1.29, 1.82) is 0 Å². The number of hydrogen-bond donors (Lipinski definition) is 1. The zero-order valence-corrected chi connectivity index (χ0v) is 11.7. The van der Waals surface area contributed by atoms with Crippen LogP contribution in [0.15, 0.2) is 60.0 Å². The molecule has 1 nitrogen and oxygen atoms in total. The van der Waals surface area contributed by atoms with Crippen molar-refractivity contribution in [1.82, 2.24) is 0 Å². The Morgan fingerprint density at radius 2 is 1.60 bits per heavy atom. The fourth-order valence-electron chi connectivity index (χ4n) is 2.79. The lowest BCUT2D eigenvalue weighted by Gasteiger charge is -2.03. The van der Waals surface area contributed by atoms with Crippen LogP contribution in [0, 0.1) is 0 Å². The van der Waals surface area contributed by atoms with Crippen LogP contribution in [0.2, 0.25) is 0 Å². The normalized spacial score (nSPS) is 14.3. The molecule has 20 heavy (non-hydrogen) atoms. The third kappa shape index (κ3) is 1.69. The Morgan fingerprint density at radius 3 is 2.40 bits per heavy atom. The van der Waals surface area contributed by atoms with Crippen molar-refractivity contribution >= 4 is 28.7 Å². The van der Waals surface area contributed by atoms with E-state index in [1.54, 1.807) is 11.3 Å². The molecule has 2 heteroatoms. The molecule has 2 aromatic carbocycles. The molecule has 96 valence electrons. The second kappa shape index (κ2) is 4.36. The van der Waals surface area contributed by atoms with Crippen molar-refractivity contribution in [3.63, 3.8) is 0 Å². The Bertz CT molecular complexity index is 813. The summed E-state index contributed by atoms with van der Waals surface area (Å²) < 4.78 is 0. The Kier molecular flexibility index (Phi) is 2.51. The average molecular weight is 275 g/mol. The van der Waals surface area contributed by atoms with Crippen molar-refractivity contribution in [3.8, 4) is 11.1 Å². The first-order chi connectivity index (χ1) is 9.83. The molecular weight excluding hydrogens is 262 g/mol. The third-order valence-electron chi connectivity index (χ3n) is 3.67. The van der Waals surface area contributed by atoms with Crippen molar-refractivity contribution in [2.45, 2.75) is 0 Å². The number of benzene rings is 2. The molecular formula is C18H13NS. The molecule has 3 aromatic rings. The Labute approximate surface area is 122 Å². The summed E-state index contributed by atoms with van der Waals surface area (Å²) in [6.45, 7) is 0. The number of fused-ring (bicyclic) bond motifs is 3. The Balaban J connectivity index is 2.02. The number of anilines is 1. The van der Waals surface area contributed by atoms with Crippen LogP contribution in [0.4, 0.5) is 5.69 Å². The van der Waals surface area contributed by atoms with Gasteiger partial charge in [-0.05, 0) is 57.5 Å². The predicted molar refractivity (Wildman–Crippen MR) is 87.6 cm³/mol. The molecule has 1 aliphatic carbocycles. The smallest absolute Gasteiger partial charge is 0.0320 e. The minimum Gasteiger partial charge on any atom is -0.399 e. The van der Waals surface area contributed by atoms with Crippen LogP contribution in [0.3, 0.4) is 0 Å². The van der Waals surface area contributed by atoms with Gasteiger partial charge in [-0.3, -0.25) is 0 Å². The zero-order chi connectivity index (χ0) is 13.5. The molecule has 0 fully saturated rings. The summed E-state index contributed by atoms with van der Waals surface area (Å²) in [7, 11) is 0. The summed E-state index contributed by atoms with van der Waals surface area (Å²) >= 11 is 1.76. The van der Waals surface area contributed by atoms with Gasteiger partial charge in [0, 0.05) is 10.6 Å². The van der Waals surface area contributed by atoms with Crippen LogP contribution in [0.1, 0.15) is 16.0 Å².